The number of aromatic nitrogens is 1. The van der Waals surface area contributed by atoms with Crippen molar-refractivity contribution in [2.45, 2.75) is 6.42 Å². The van der Waals surface area contributed by atoms with E-state index in [0.29, 0.717) is 36.6 Å². The van der Waals surface area contributed by atoms with Crippen molar-refractivity contribution >= 4 is 23.5 Å². The number of nitrogens with zero attached hydrogens (tertiary/aromatic N) is 2. The van der Waals surface area contributed by atoms with E-state index < -0.39 is 6.03 Å². The molecule has 1 saturated heterocycles. The minimum atomic E-state index is -0.458. The Hall–Kier alpha value is -3.42. The van der Waals surface area contributed by atoms with Crippen molar-refractivity contribution in [2.75, 3.05) is 24.6 Å². The topological polar surface area (TPSA) is 101 Å². The predicted molar refractivity (Wildman–Crippen MR) is 94.0 cm³/mol. The van der Waals surface area contributed by atoms with Crippen LogP contribution in [0, 0.1) is 0 Å². The molecule has 0 atom stereocenters. The highest BCUT2D eigenvalue weighted by Crippen LogP contribution is 2.17. The number of benzene rings is 1. The van der Waals surface area contributed by atoms with Gasteiger partial charge in [-0.2, -0.15) is 0 Å². The monoisotopic (exact) mass is 354 g/mol. The van der Waals surface area contributed by atoms with E-state index in [-0.39, 0.29) is 18.4 Å². The number of anilines is 1. The van der Waals surface area contributed by atoms with Crippen LogP contribution in [0.15, 0.2) is 48.8 Å². The molecule has 0 saturated carbocycles. The van der Waals surface area contributed by atoms with Gasteiger partial charge in [-0.15, -0.1) is 0 Å². The van der Waals surface area contributed by atoms with Gasteiger partial charge < -0.3 is 10.1 Å². The summed E-state index contributed by atoms with van der Waals surface area (Å²) in [6.07, 6.45) is 3.97. The van der Waals surface area contributed by atoms with Crippen molar-refractivity contribution in [1.29, 1.82) is 0 Å². The van der Waals surface area contributed by atoms with Gasteiger partial charge in [0.2, 0.25) is 5.91 Å². The third kappa shape index (κ3) is 4.35. The second-order valence-corrected chi connectivity index (χ2v) is 5.63. The number of amides is 4. The highest BCUT2D eigenvalue weighted by atomic mass is 16.5. The minimum Gasteiger partial charge on any atom is -0.492 e. The van der Waals surface area contributed by atoms with Crippen molar-refractivity contribution in [3.8, 4) is 5.75 Å². The Balaban J connectivity index is 1.43. The molecule has 8 nitrogen and oxygen atoms in total. The molecule has 0 unspecified atom stereocenters. The van der Waals surface area contributed by atoms with Gasteiger partial charge in [-0.25, -0.2) is 4.79 Å². The van der Waals surface area contributed by atoms with Crippen LogP contribution in [0.4, 0.5) is 10.5 Å². The molecular weight excluding hydrogens is 336 g/mol. The molecule has 3 rings (SSSR count). The summed E-state index contributed by atoms with van der Waals surface area (Å²) in [5, 5.41) is 5.02. The largest absolute Gasteiger partial charge is 0.492 e. The van der Waals surface area contributed by atoms with Gasteiger partial charge in [-0.05, 0) is 42.8 Å². The first kappa shape index (κ1) is 17.4. The average Bonchev–Trinajstić information content (AvgIpc) is 3.00. The van der Waals surface area contributed by atoms with E-state index in [0.717, 1.165) is 0 Å². The number of hydrogen-bond donors (Lipinski definition) is 2. The number of rotatable bonds is 7. The predicted octanol–water partition coefficient (Wildman–Crippen LogP) is 1.34. The lowest BCUT2D eigenvalue weighted by molar-refractivity contribution is -0.117. The van der Waals surface area contributed by atoms with Gasteiger partial charge in [0, 0.05) is 24.0 Å². The third-order valence-electron chi connectivity index (χ3n) is 3.74. The van der Waals surface area contributed by atoms with E-state index in [4.69, 9.17) is 4.74 Å². The number of imide groups is 1. The molecule has 134 valence electrons. The second kappa shape index (κ2) is 8.11. The average molecular weight is 354 g/mol. The minimum absolute atomic E-state index is 0.0126. The zero-order valence-electron chi connectivity index (χ0n) is 14.0. The first-order valence-corrected chi connectivity index (χ1v) is 8.16. The Labute approximate surface area is 150 Å². The van der Waals surface area contributed by atoms with E-state index in [2.05, 4.69) is 15.6 Å². The van der Waals surface area contributed by atoms with Gasteiger partial charge in [-0.1, -0.05) is 0 Å². The first-order chi connectivity index (χ1) is 12.6. The standard InChI is InChI=1S/C18H18N4O4/c23-16-12-22(18(25)21-16)14-6-4-13(5-7-14)17(24)20-9-2-10-26-15-3-1-8-19-11-15/h1,3-8,11H,2,9-10,12H2,(H,20,24)(H,21,23,25). The van der Waals surface area contributed by atoms with Crippen LogP contribution in [0.1, 0.15) is 16.8 Å². The van der Waals surface area contributed by atoms with Crippen LogP contribution in [-0.4, -0.2) is 42.5 Å². The lowest BCUT2D eigenvalue weighted by Gasteiger charge is -2.13. The molecule has 1 aliphatic rings. The van der Waals surface area contributed by atoms with Crippen LogP contribution in [0.5, 0.6) is 5.75 Å². The summed E-state index contributed by atoms with van der Waals surface area (Å²) in [5.41, 5.74) is 1.04. The molecule has 2 N–H and O–H groups in total. The molecule has 1 fully saturated rings. The van der Waals surface area contributed by atoms with Crippen molar-refractivity contribution < 1.29 is 19.1 Å². The highest BCUT2D eigenvalue weighted by molar-refractivity contribution is 6.12. The summed E-state index contributed by atoms with van der Waals surface area (Å²) in [6, 6.07) is 9.67. The third-order valence-corrected chi connectivity index (χ3v) is 3.74. The van der Waals surface area contributed by atoms with Crippen molar-refractivity contribution in [1.82, 2.24) is 15.6 Å². The fourth-order valence-electron chi connectivity index (χ4n) is 2.44. The van der Waals surface area contributed by atoms with E-state index >= 15 is 0 Å². The first-order valence-electron chi connectivity index (χ1n) is 8.16. The summed E-state index contributed by atoms with van der Waals surface area (Å²) in [5.74, 6) is 0.143. The Morgan fingerprint density at radius 3 is 2.69 bits per heavy atom. The van der Waals surface area contributed by atoms with Crippen LogP contribution in [-0.2, 0) is 4.79 Å². The highest BCUT2D eigenvalue weighted by Gasteiger charge is 2.27. The van der Waals surface area contributed by atoms with Gasteiger partial charge >= 0.3 is 6.03 Å². The van der Waals surface area contributed by atoms with Crippen LogP contribution >= 0.6 is 0 Å². The summed E-state index contributed by atoms with van der Waals surface area (Å²) in [6.45, 7) is 0.939. The van der Waals surface area contributed by atoms with Crippen molar-refractivity contribution in [3.05, 3.63) is 54.4 Å². The smallest absolute Gasteiger partial charge is 0.329 e. The molecule has 26 heavy (non-hydrogen) atoms. The SMILES string of the molecule is O=C1CN(c2ccc(C(=O)NCCCOc3cccnc3)cc2)C(=O)N1. The number of pyridine rings is 1. The molecule has 0 spiro atoms. The number of carbonyl (C=O) groups is 3. The summed E-state index contributed by atoms with van der Waals surface area (Å²) in [7, 11) is 0. The van der Waals surface area contributed by atoms with Crippen LogP contribution in [0.25, 0.3) is 0 Å². The van der Waals surface area contributed by atoms with Gasteiger partial charge in [0.1, 0.15) is 12.3 Å². The number of carbonyl (C=O) groups excluding carboxylic acids is 3. The number of nitrogens with one attached hydrogen (secondary N) is 2. The van der Waals surface area contributed by atoms with Gasteiger partial charge in [0.25, 0.3) is 5.91 Å². The zero-order chi connectivity index (χ0) is 18.4. The molecular formula is C18H18N4O4. The quantitative estimate of drug-likeness (QED) is 0.577. The Kier molecular flexibility index (Phi) is 5.43. The van der Waals surface area contributed by atoms with Gasteiger partial charge in [0.15, 0.2) is 0 Å². The Morgan fingerprint density at radius 2 is 2.04 bits per heavy atom. The summed E-state index contributed by atoms with van der Waals surface area (Å²) in [4.78, 5) is 40.2. The van der Waals surface area contributed by atoms with E-state index in [1.54, 1.807) is 42.7 Å². The second-order valence-electron chi connectivity index (χ2n) is 5.63. The molecule has 4 amide bonds. The maximum atomic E-state index is 12.1. The lowest BCUT2D eigenvalue weighted by atomic mass is 10.2. The molecule has 0 bridgehead atoms. The molecule has 2 aromatic rings. The number of hydrogen-bond acceptors (Lipinski definition) is 5. The van der Waals surface area contributed by atoms with Gasteiger partial charge in [0.05, 0.1) is 12.8 Å². The van der Waals surface area contributed by atoms with Crippen molar-refractivity contribution in [2.24, 2.45) is 0 Å². The van der Waals surface area contributed by atoms with Crippen LogP contribution in [0.2, 0.25) is 0 Å². The molecule has 0 aliphatic carbocycles. The van der Waals surface area contributed by atoms with E-state index in [1.807, 2.05) is 6.07 Å². The Bertz CT molecular complexity index is 793. The Morgan fingerprint density at radius 1 is 1.23 bits per heavy atom. The normalized spacial score (nSPS) is 13.5. The number of ether oxygens (including phenoxy) is 1. The fraction of sp³-hybridized carbons (Fsp3) is 0.222. The maximum Gasteiger partial charge on any atom is 0.329 e. The molecule has 1 aromatic heterocycles. The van der Waals surface area contributed by atoms with Crippen LogP contribution in [0.3, 0.4) is 0 Å². The summed E-state index contributed by atoms with van der Waals surface area (Å²) < 4.78 is 5.50. The molecule has 2 heterocycles. The van der Waals surface area contributed by atoms with E-state index in [1.165, 1.54) is 4.90 Å². The molecule has 8 heteroatoms. The zero-order valence-corrected chi connectivity index (χ0v) is 14.0. The van der Waals surface area contributed by atoms with Crippen molar-refractivity contribution in [3.63, 3.8) is 0 Å². The molecule has 1 aromatic carbocycles. The number of urea groups is 1. The van der Waals surface area contributed by atoms with E-state index in [9.17, 15) is 14.4 Å². The van der Waals surface area contributed by atoms with Gasteiger partial charge in [-0.3, -0.25) is 24.8 Å². The summed E-state index contributed by atoms with van der Waals surface area (Å²) >= 11 is 0. The fourth-order valence-corrected chi connectivity index (χ4v) is 2.44. The lowest BCUT2D eigenvalue weighted by Crippen LogP contribution is -2.28. The van der Waals surface area contributed by atoms with Crippen LogP contribution < -0.4 is 20.3 Å². The molecule has 1 aliphatic heterocycles. The maximum absolute atomic E-state index is 12.1. The molecule has 0 radical (unpaired) electrons.